The highest BCUT2D eigenvalue weighted by atomic mass is 16.2. The average Bonchev–Trinajstić information content (AvgIpc) is 3.10. The topological polar surface area (TPSA) is 75.0 Å². The van der Waals surface area contributed by atoms with E-state index in [9.17, 15) is 4.79 Å². The number of anilines is 1. The van der Waals surface area contributed by atoms with Gasteiger partial charge in [-0.3, -0.25) is 9.89 Å². The van der Waals surface area contributed by atoms with Gasteiger partial charge in [-0.25, -0.2) is 0 Å². The van der Waals surface area contributed by atoms with Crippen LogP contribution in [-0.2, 0) is 0 Å². The van der Waals surface area contributed by atoms with Crippen molar-refractivity contribution >= 4 is 22.5 Å². The highest BCUT2D eigenvalue weighted by Crippen LogP contribution is 2.37. The second-order valence-electron chi connectivity index (χ2n) is 6.28. The van der Waals surface area contributed by atoms with Gasteiger partial charge in [-0.1, -0.05) is 12.8 Å². The minimum Gasteiger partial charge on any atom is -0.399 e. The Balaban J connectivity index is 1.68. The monoisotopic (exact) mass is 284 g/mol. The van der Waals surface area contributed by atoms with E-state index in [0.717, 1.165) is 30.3 Å². The van der Waals surface area contributed by atoms with Gasteiger partial charge in [0.15, 0.2) is 5.69 Å². The lowest BCUT2D eigenvalue weighted by atomic mass is 9.85. The average molecular weight is 284 g/mol. The molecule has 0 radical (unpaired) electrons. The summed E-state index contributed by atoms with van der Waals surface area (Å²) in [5.74, 6) is 0.749. The van der Waals surface area contributed by atoms with Crippen molar-refractivity contribution in [3.63, 3.8) is 0 Å². The number of hydrogen-bond donors (Lipinski definition) is 2. The molecular formula is C16H20N4O. The summed E-state index contributed by atoms with van der Waals surface area (Å²) in [7, 11) is 0. The summed E-state index contributed by atoms with van der Waals surface area (Å²) in [4.78, 5) is 14.9. The van der Waals surface area contributed by atoms with Gasteiger partial charge in [0, 0.05) is 23.7 Å². The van der Waals surface area contributed by atoms with Crippen LogP contribution in [0.5, 0.6) is 0 Å². The number of rotatable bonds is 1. The first-order valence-electron chi connectivity index (χ1n) is 7.78. The second kappa shape index (κ2) is 4.76. The Morgan fingerprint density at radius 2 is 2.14 bits per heavy atom. The van der Waals surface area contributed by atoms with Crippen LogP contribution in [0.25, 0.3) is 10.9 Å². The number of nitrogens with zero attached hydrogens (tertiary/aromatic N) is 2. The third-order valence-electron chi connectivity index (χ3n) is 5.06. The molecule has 1 saturated heterocycles. The fourth-order valence-electron chi connectivity index (χ4n) is 3.99. The molecule has 2 heterocycles. The maximum Gasteiger partial charge on any atom is 0.275 e. The molecular weight excluding hydrogens is 264 g/mol. The van der Waals surface area contributed by atoms with Gasteiger partial charge < -0.3 is 10.6 Å². The molecule has 1 amide bonds. The number of hydrogen-bond acceptors (Lipinski definition) is 3. The van der Waals surface area contributed by atoms with Crippen LogP contribution in [0, 0.1) is 5.92 Å². The molecule has 0 bridgehead atoms. The molecule has 2 aliphatic rings. The molecule has 21 heavy (non-hydrogen) atoms. The second-order valence-corrected chi connectivity index (χ2v) is 6.28. The molecule has 4 rings (SSSR count). The van der Waals surface area contributed by atoms with Gasteiger partial charge in [-0.05, 0) is 43.4 Å². The Hall–Kier alpha value is -2.04. The number of carbonyl (C=O) groups is 1. The lowest BCUT2D eigenvalue weighted by molar-refractivity contribution is 0.0686. The van der Waals surface area contributed by atoms with Crippen LogP contribution in [0.15, 0.2) is 18.2 Å². The number of amides is 1. The predicted octanol–water partition coefficient (Wildman–Crippen LogP) is 2.55. The molecule has 1 aliphatic carbocycles. The molecule has 2 aromatic rings. The van der Waals surface area contributed by atoms with Crippen LogP contribution < -0.4 is 5.73 Å². The standard InChI is InChI=1S/C16H20N4O/c17-11-5-6-13-12(9-11)15(19-18-13)16(21)20-8-7-10-3-1-2-4-14(10)20/h5-6,9-10,14H,1-4,7-8,17H2,(H,18,19). The first kappa shape index (κ1) is 12.7. The SMILES string of the molecule is Nc1ccc2[nH]nc(C(=O)N3CCC4CCCCC43)c2c1. The lowest BCUT2D eigenvalue weighted by Gasteiger charge is -2.31. The molecule has 1 saturated carbocycles. The van der Waals surface area contributed by atoms with E-state index in [-0.39, 0.29) is 5.91 Å². The third-order valence-corrected chi connectivity index (χ3v) is 5.06. The van der Waals surface area contributed by atoms with Crippen LogP contribution in [-0.4, -0.2) is 33.6 Å². The molecule has 110 valence electrons. The van der Waals surface area contributed by atoms with Gasteiger partial charge in [0.25, 0.3) is 5.91 Å². The Labute approximate surface area is 123 Å². The van der Waals surface area contributed by atoms with E-state index >= 15 is 0 Å². The first-order valence-corrected chi connectivity index (χ1v) is 7.78. The molecule has 5 heteroatoms. The van der Waals surface area contributed by atoms with Crippen molar-refractivity contribution in [1.29, 1.82) is 0 Å². The zero-order chi connectivity index (χ0) is 14.4. The van der Waals surface area contributed by atoms with Gasteiger partial charge in [-0.15, -0.1) is 0 Å². The van der Waals surface area contributed by atoms with E-state index in [2.05, 4.69) is 10.2 Å². The Morgan fingerprint density at radius 1 is 1.29 bits per heavy atom. The minimum atomic E-state index is 0.0567. The van der Waals surface area contributed by atoms with E-state index in [1.165, 1.54) is 19.3 Å². The molecule has 2 atom stereocenters. The molecule has 1 aromatic heterocycles. The van der Waals surface area contributed by atoms with Gasteiger partial charge in [-0.2, -0.15) is 5.10 Å². The molecule has 5 nitrogen and oxygen atoms in total. The van der Waals surface area contributed by atoms with Crippen molar-refractivity contribution in [2.75, 3.05) is 12.3 Å². The van der Waals surface area contributed by atoms with E-state index in [1.807, 2.05) is 23.1 Å². The summed E-state index contributed by atoms with van der Waals surface area (Å²) < 4.78 is 0. The smallest absolute Gasteiger partial charge is 0.275 e. The van der Waals surface area contributed by atoms with Gasteiger partial charge in [0.1, 0.15) is 0 Å². The van der Waals surface area contributed by atoms with Crippen LogP contribution >= 0.6 is 0 Å². The number of H-pyrrole nitrogens is 1. The molecule has 1 aromatic carbocycles. The van der Waals surface area contributed by atoms with Gasteiger partial charge >= 0.3 is 0 Å². The lowest BCUT2D eigenvalue weighted by Crippen LogP contribution is -2.39. The highest BCUT2D eigenvalue weighted by molar-refractivity contribution is 6.05. The van der Waals surface area contributed by atoms with Crippen LogP contribution in [0.4, 0.5) is 5.69 Å². The third kappa shape index (κ3) is 1.99. The summed E-state index contributed by atoms with van der Waals surface area (Å²) in [5, 5.41) is 8.02. The van der Waals surface area contributed by atoms with E-state index in [0.29, 0.717) is 23.3 Å². The summed E-state index contributed by atoms with van der Waals surface area (Å²) in [6.45, 7) is 0.866. The molecule has 1 aliphatic heterocycles. The van der Waals surface area contributed by atoms with Crippen LogP contribution in [0.3, 0.4) is 0 Å². The number of carbonyl (C=O) groups excluding carboxylic acids is 1. The number of benzene rings is 1. The van der Waals surface area contributed by atoms with Crippen molar-refractivity contribution in [3.8, 4) is 0 Å². The fourth-order valence-corrected chi connectivity index (χ4v) is 3.99. The van der Waals surface area contributed by atoms with Crippen LogP contribution in [0.2, 0.25) is 0 Å². The van der Waals surface area contributed by atoms with Crippen molar-refractivity contribution < 1.29 is 4.79 Å². The maximum absolute atomic E-state index is 12.9. The van der Waals surface area contributed by atoms with E-state index < -0.39 is 0 Å². The zero-order valence-electron chi connectivity index (χ0n) is 12.0. The van der Waals surface area contributed by atoms with Crippen molar-refractivity contribution in [1.82, 2.24) is 15.1 Å². The number of nitrogen functional groups attached to an aromatic ring is 1. The maximum atomic E-state index is 12.9. The van der Waals surface area contributed by atoms with Gasteiger partial charge in [0.05, 0.1) is 5.52 Å². The molecule has 0 spiro atoms. The summed E-state index contributed by atoms with van der Waals surface area (Å²) in [6.07, 6.45) is 6.09. The number of aromatic nitrogens is 2. The number of likely N-dealkylation sites (tertiary alicyclic amines) is 1. The first-order chi connectivity index (χ1) is 10.2. The van der Waals surface area contributed by atoms with E-state index in [1.54, 1.807) is 0 Å². The number of nitrogens with one attached hydrogen (secondary N) is 1. The Kier molecular flexibility index (Phi) is 2.87. The van der Waals surface area contributed by atoms with Crippen molar-refractivity contribution in [2.45, 2.75) is 38.1 Å². The molecule has 2 unspecified atom stereocenters. The normalized spacial score (nSPS) is 25.2. The number of aromatic amines is 1. The molecule has 2 fully saturated rings. The molecule has 3 N–H and O–H groups in total. The summed E-state index contributed by atoms with van der Waals surface area (Å²) in [5.41, 5.74) is 7.89. The minimum absolute atomic E-state index is 0.0567. The summed E-state index contributed by atoms with van der Waals surface area (Å²) in [6, 6.07) is 5.95. The quantitative estimate of drug-likeness (QED) is 0.790. The van der Waals surface area contributed by atoms with Crippen molar-refractivity contribution in [3.05, 3.63) is 23.9 Å². The zero-order valence-corrected chi connectivity index (χ0v) is 12.0. The Bertz CT molecular complexity index is 693. The number of nitrogens with two attached hydrogens (primary N) is 1. The Morgan fingerprint density at radius 3 is 3.05 bits per heavy atom. The van der Waals surface area contributed by atoms with Gasteiger partial charge in [0.2, 0.25) is 0 Å². The predicted molar refractivity (Wildman–Crippen MR) is 81.9 cm³/mol. The number of fused-ring (bicyclic) bond motifs is 2. The highest BCUT2D eigenvalue weighted by Gasteiger charge is 2.39. The largest absolute Gasteiger partial charge is 0.399 e. The summed E-state index contributed by atoms with van der Waals surface area (Å²) >= 11 is 0. The fraction of sp³-hybridized carbons (Fsp3) is 0.500. The van der Waals surface area contributed by atoms with Crippen molar-refractivity contribution in [2.24, 2.45) is 5.92 Å². The van der Waals surface area contributed by atoms with Crippen LogP contribution in [0.1, 0.15) is 42.6 Å². The van der Waals surface area contributed by atoms with E-state index in [4.69, 9.17) is 5.73 Å².